The third-order valence-corrected chi connectivity index (χ3v) is 3.52. The Balaban J connectivity index is 2.10. The Morgan fingerprint density at radius 1 is 0.667 bits per heavy atom. The number of benzene rings is 3. The van der Waals surface area contributed by atoms with Crippen LogP contribution < -0.4 is 5.73 Å². The fourth-order valence-corrected chi connectivity index (χ4v) is 2.41. The fourth-order valence-electron chi connectivity index (χ4n) is 2.41. The first kappa shape index (κ1) is 13.0. The van der Waals surface area contributed by atoms with Gasteiger partial charge in [0.05, 0.1) is 11.6 Å². The van der Waals surface area contributed by atoms with E-state index >= 15 is 0 Å². The van der Waals surface area contributed by atoms with E-state index in [0.717, 1.165) is 27.9 Å². The minimum absolute atomic E-state index is 0.650. The maximum absolute atomic E-state index is 8.87. The summed E-state index contributed by atoms with van der Waals surface area (Å²) in [5.74, 6) is 0. The monoisotopic (exact) mass is 270 g/mol. The molecule has 0 atom stereocenters. The zero-order valence-corrected chi connectivity index (χ0v) is 11.5. The zero-order chi connectivity index (χ0) is 14.7. The van der Waals surface area contributed by atoms with E-state index in [2.05, 4.69) is 6.07 Å². The number of nitrogens with two attached hydrogens (primary N) is 1. The highest BCUT2D eigenvalue weighted by Gasteiger charge is 2.08. The Labute approximate surface area is 124 Å². The Bertz CT molecular complexity index is 797. The van der Waals surface area contributed by atoms with Crippen LogP contribution in [0, 0.1) is 11.3 Å². The van der Waals surface area contributed by atoms with E-state index in [0.29, 0.717) is 5.56 Å². The van der Waals surface area contributed by atoms with Gasteiger partial charge in [-0.3, -0.25) is 0 Å². The average Bonchev–Trinajstić information content (AvgIpc) is 2.56. The van der Waals surface area contributed by atoms with Crippen molar-refractivity contribution in [3.05, 3.63) is 78.4 Å². The molecule has 0 aliphatic heterocycles. The molecule has 100 valence electrons. The summed E-state index contributed by atoms with van der Waals surface area (Å²) in [6, 6.07) is 25.7. The largest absolute Gasteiger partial charge is 0.398 e. The molecule has 0 saturated heterocycles. The molecule has 0 amide bonds. The second kappa shape index (κ2) is 5.52. The van der Waals surface area contributed by atoms with Crippen molar-refractivity contribution in [3.8, 4) is 28.3 Å². The molecule has 0 saturated carbocycles. The van der Waals surface area contributed by atoms with Crippen molar-refractivity contribution in [2.75, 3.05) is 5.73 Å². The van der Waals surface area contributed by atoms with E-state index in [-0.39, 0.29) is 0 Å². The number of rotatable bonds is 2. The van der Waals surface area contributed by atoms with Crippen molar-refractivity contribution in [1.29, 1.82) is 5.26 Å². The second-order valence-corrected chi connectivity index (χ2v) is 4.82. The Hall–Kier alpha value is -3.05. The number of para-hydroxylation sites is 1. The predicted molar refractivity (Wildman–Crippen MR) is 86.4 cm³/mol. The molecule has 3 aromatic rings. The van der Waals surface area contributed by atoms with Gasteiger partial charge in [-0.15, -0.1) is 0 Å². The average molecular weight is 270 g/mol. The molecule has 3 aromatic carbocycles. The van der Waals surface area contributed by atoms with E-state index < -0.39 is 0 Å². The number of nitriles is 1. The highest BCUT2D eigenvalue weighted by atomic mass is 14.6. The van der Waals surface area contributed by atoms with Gasteiger partial charge in [-0.1, -0.05) is 60.7 Å². The van der Waals surface area contributed by atoms with Crippen LogP contribution in [-0.2, 0) is 0 Å². The van der Waals surface area contributed by atoms with Crippen molar-refractivity contribution < 1.29 is 0 Å². The molecule has 0 spiro atoms. The van der Waals surface area contributed by atoms with E-state index in [4.69, 9.17) is 11.0 Å². The van der Waals surface area contributed by atoms with Gasteiger partial charge in [0.15, 0.2) is 0 Å². The number of anilines is 1. The van der Waals surface area contributed by atoms with Gasteiger partial charge in [-0.05, 0) is 23.3 Å². The van der Waals surface area contributed by atoms with Crippen LogP contribution in [0.25, 0.3) is 22.3 Å². The van der Waals surface area contributed by atoms with Crippen molar-refractivity contribution in [2.45, 2.75) is 0 Å². The lowest BCUT2D eigenvalue weighted by molar-refractivity contribution is 1.48. The summed E-state index contributed by atoms with van der Waals surface area (Å²) in [6.07, 6.45) is 0. The molecule has 21 heavy (non-hydrogen) atoms. The van der Waals surface area contributed by atoms with Crippen molar-refractivity contribution >= 4 is 5.69 Å². The van der Waals surface area contributed by atoms with Gasteiger partial charge in [0.2, 0.25) is 0 Å². The highest BCUT2D eigenvalue weighted by Crippen LogP contribution is 2.34. The maximum Gasteiger partial charge on any atom is 0.0991 e. The molecule has 2 N–H and O–H groups in total. The molecule has 0 fully saturated rings. The summed E-state index contributed by atoms with van der Waals surface area (Å²) < 4.78 is 0. The standard InChI is InChI=1S/C19H14N2/c20-13-14-9-11-16(12-10-14)18-8-4-7-17(19(18)21)15-5-2-1-3-6-15/h1-12H,21H2. The Morgan fingerprint density at radius 3 is 1.81 bits per heavy atom. The first-order chi connectivity index (χ1) is 10.3. The molecular formula is C19H14N2. The molecule has 0 aliphatic rings. The second-order valence-electron chi connectivity index (χ2n) is 4.82. The third kappa shape index (κ3) is 2.50. The molecule has 0 heterocycles. The lowest BCUT2D eigenvalue weighted by Crippen LogP contribution is -1.94. The topological polar surface area (TPSA) is 49.8 Å². The fraction of sp³-hybridized carbons (Fsp3) is 0. The van der Waals surface area contributed by atoms with Crippen LogP contribution in [-0.4, -0.2) is 0 Å². The van der Waals surface area contributed by atoms with Gasteiger partial charge in [0, 0.05) is 16.8 Å². The number of hydrogen-bond donors (Lipinski definition) is 1. The predicted octanol–water partition coefficient (Wildman–Crippen LogP) is 4.47. The maximum atomic E-state index is 8.87. The molecule has 0 aliphatic carbocycles. The van der Waals surface area contributed by atoms with Crippen LogP contribution in [0.3, 0.4) is 0 Å². The minimum atomic E-state index is 0.650. The van der Waals surface area contributed by atoms with Crippen LogP contribution in [0.1, 0.15) is 5.56 Å². The minimum Gasteiger partial charge on any atom is -0.398 e. The first-order valence-electron chi connectivity index (χ1n) is 6.74. The SMILES string of the molecule is N#Cc1ccc(-c2cccc(-c3ccccc3)c2N)cc1. The third-order valence-electron chi connectivity index (χ3n) is 3.52. The number of hydrogen-bond acceptors (Lipinski definition) is 2. The first-order valence-corrected chi connectivity index (χ1v) is 6.74. The van der Waals surface area contributed by atoms with Crippen LogP contribution in [0.2, 0.25) is 0 Å². The Kier molecular flexibility index (Phi) is 3.41. The van der Waals surface area contributed by atoms with E-state index in [1.807, 2.05) is 72.8 Å². The molecular weight excluding hydrogens is 256 g/mol. The lowest BCUT2D eigenvalue weighted by atomic mass is 9.96. The van der Waals surface area contributed by atoms with Gasteiger partial charge >= 0.3 is 0 Å². The number of nitrogens with zero attached hydrogens (tertiary/aromatic N) is 1. The van der Waals surface area contributed by atoms with Gasteiger partial charge in [-0.25, -0.2) is 0 Å². The summed E-state index contributed by atoms with van der Waals surface area (Å²) in [5.41, 5.74) is 11.9. The van der Waals surface area contributed by atoms with Gasteiger partial charge in [-0.2, -0.15) is 5.26 Å². The smallest absolute Gasteiger partial charge is 0.0991 e. The summed E-state index contributed by atoms with van der Waals surface area (Å²) >= 11 is 0. The zero-order valence-electron chi connectivity index (χ0n) is 11.5. The van der Waals surface area contributed by atoms with Crippen molar-refractivity contribution in [2.24, 2.45) is 0 Å². The number of nitrogen functional groups attached to an aromatic ring is 1. The molecule has 0 unspecified atom stereocenters. The quantitative estimate of drug-likeness (QED) is 0.698. The lowest BCUT2D eigenvalue weighted by Gasteiger charge is -2.11. The van der Waals surface area contributed by atoms with Gasteiger partial charge in [0.25, 0.3) is 0 Å². The Morgan fingerprint density at radius 2 is 1.24 bits per heavy atom. The summed E-state index contributed by atoms with van der Waals surface area (Å²) in [7, 11) is 0. The normalized spacial score (nSPS) is 10.0. The molecule has 0 bridgehead atoms. The molecule has 2 heteroatoms. The summed E-state index contributed by atoms with van der Waals surface area (Å²) in [6.45, 7) is 0. The highest BCUT2D eigenvalue weighted by molar-refractivity contribution is 5.88. The van der Waals surface area contributed by atoms with Crippen molar-refractivity contribution in [1.82, 2.24) is 0 Å². The molecule has 0 radical (unpaired) electrons. The van der Waals surface area contributed by atoms with Crippen LogP contribution in [0.5, 0.6) is 0 Å². The molecule has 0 aromatic heterocycles. The van der Waals surface area contributed by atoms with Crippen LogP contribution in [0.4, 0.5) is 5.69 Å². The molecule has 2 nitrogen and oxygen atoms in total. The van der Waals surface area contributed by atoms with Crippen molar-refractivity contribution in [3.63, 3.8) is 0 Å². The van der Waals surface area contributed by atoms with Gasteiger partial charge in [0.1, 0.15) is 0 Å². The van der Waals surface area contributed by atoms with Crippen LogP contribution in [0.15, 0.2) is 72.8 Å². The summed E-state index contributed by atoms with van der Waals surface area (Å²) in [5, 5.41) is 8.87. The van der Waals surface area contributed by atoms with E-state index in [1.54, 1.807) is 0 Å². The van der Waals surface area contributed by atoms with Crippen LogP contribution >= 0.6 is 0 Å². The summed E-state index contributed by atoms with van der Waals surface area (Å²) in [4.78, 5) is 0. The van der Waals surface area contributed by atoms with Gasteiger partial charge < -0.3 is 5.73 Å². The van der Waals surface area contributed by atoms with E-state index in [9.17, 15) is 0 Å². The van der Waals surface area contributed by atoms with E-state index in [1.165, 1.54) is 0 Å². The molecule has 3 rings (SSSR count).